The molecular formula is C12H7Br2N3. The molecule has 2 aromatic heterocycles. The molecule has 3 aromatic rings. The molecule has 0 aliphatic rings. The third kappa shape index (κ3) is 2.12. The molecular weight excluding hydrogens is 346 g/mol. The zero-order valence-corrected chi connectivity index (χ0v) is 11.8. The van der Waals surface area contributed by atoms with Gasteiger partial charge in [-0.05, 0) is 34.1 Å². The summed E-state index contributed by atoms with van der Waals surface area (Å²) in [6.07, 6.45) is 1.74. The molecule has 3 nitrogen and oxygen atoms in total. The van der Waals surface area contributed by atoms with Gasteiger partial charge in [0.15, 0.2) is 5.65 Å². The first kappa shape index (κ1) is 10.9. The zero-order valence-electron chi connectivity index (χ0n) is 8.61. The number of nitrogens with zero attached hydrogens (tertiary/aromatic N) is 2. The maximum absolute atomic E-state index is 4.45. The summed E-state index contributed by atoms with van der Waals surface area (Å²) in [5, 5.41) is 0. The van der Waals surface area contributed by atoms with Crippen LogP contribution in [0, 0.1) is 0 Å². The molecule has 1 N–H and O–H groups in total. The van der Waals surface area contributed by atoms with Gasteiger partial charge < -0.3 is 4.98 Å². The van der Waals surface area contributed by atoms with Crippen molar-refractivity contribution in [1.29, 1.82) is 0 Å². The van der Waals surface area contributed by atoms with Gasteiger partial charge in [-0.15, -0.1) is 0 Å². The van der Waals surface area contributed by atoms with Gasteiger partial charge in [-0.3, -0.25) is 0 Å². The Morgan fingerprint density at radius 3 is 2.53 bits per heavy atom. The Morgan fingerprint density at radius 1 is 1.00 bits per heavy atom. The molecule has 0 spiro atoms. The Morgan fingerprint density at radius 2 is 1.76 bits per heavy atom. The van der Waals surface area contributed by atoms with E-state index < -0.39 is 0 Å². The van der Waals surface area contributed by atoms with E-state index in [4.69, 9.17) is 0 Å². The lowest BCUT2D eigenvalue weighted by Gasteiger charge is -1.95. The van der Waals surface area contributed by atoms with Crippen LogP contribution in [0.4, 0.5) is 0 Å². The number of pyridine rings is 1. The summed E-state index contributed by atoms with van der Waals surface area (Å²) in [5.41, 5.74) is 2.70. The number of nitrogens with one attached hydrogen (secondary N) is 1. The van der Waals surface area contributed by atoms with Crippen LogP contribution in [0.3, 0.4) is 0 Å². The monoisotopic (exact) mass is 351 g/mol. The van der Waals surface area contributed by atoms with Gasteiger partial charge >= 0.3 is 0 Å². The van der Waals surface area contributed by atoms with Gasteiger partial charge in [-0.2, -0.15) is 0 Å². The maximum atomic E-state index is 4.45. The topological polar surface area (TPSA) is 41.6 Å². The van der Waals surface area contributed by atoms with Crippen LogP contribution in [-0.4, -0.2) is 15.0 Å². The number of hydrogen-bond acceptors (Lipinski definition) is 2. The van der Waals surface area contributed by atoms with Crippen molar-refractivity contribution in [2.24, 2.45) is 0 Å². The Labute approximate surface area is 115 Å². The molecule has 0 saturated carbocycles. The number of hydrogen-bond donors (Lipinski definition) is 1. The largest absolute Gasteiger partial charge is 0.337 e. The second-order valence-corrected chi connectivity index (χ2v) is 5.45. The number of aromatic nitrogens is 3. The summed E-state index contributed by atoms with van der Waals surface area (Å²) in [5.74, 6) is 0.832. The summed E-state index contributed by atoms with van der Waals surface area (Å²) in [7, 11) is 0. The van der Waals surface area contributed by atoms with Gasteiger partial charge in [-0.1, -0.05) is 28.1 Å². The van der Waals surface area contributed by atoms with Crippen LogP contribution in [0.15, 0.2) is 45.5 Å². The van der Waals surface area contributed by atoms with Crippen molar-refractivity contribution in [1.82, 2.24) is 15.0 Å². The predicted octanol–water partition coefficient (Wildman–Crippen LogP) is 4.15. The lowest BCUT2D eigenvalue weighted by molar-refractivity contribution is 1.30. The molecule has 0 atom stereocenters. The minimum absolute atomic E-state index is 0.728. The first-order valence-electron chi connectivity index (χ1n) is 4.99. The van der Waals surface area contributed by atoms with E-state index in [1.807, 2.05) is 30.3 Å². The van der Waals surface area contributed by atoms with Crippen molar-refractivity contribution in [3.05, 3.63) is 45.5 Å². The summed E-state index contributed by atoms with van der Waals surface area (Å²) < 4.78 is 1.99. The Hall–Kier alpha value is -1.20. The van der Waals surface area contributed by atoms with E-state index in [1.54, 1.807) is 6.20 Å². The molecule has 0 unspecified atom stereocenters. The molecule has 3 rings (SSSR count). The van der Waals surface area contributed by atoms with Crippen molar-refractivity contribution in [2.75, 3.05) is 0 Å². The van der Waals surface area contributed by atoms with E-state index in [1.165, 1.54) is 0 Å². The average molecular weight is 353 g/mol. The fourth-order valence-electron chi connectivity index (χ4n) is 1.62. The maximum Gasteiger partial charge on any atom is 0.178 e. The molecule has 1 aromatic carbocycles. The van der Waals surface area contributed by atoms with Crippen molar-refractivity contribution >= 4 is 43.0 Å². The summed E-state index contributed by atoms with van der Waals surface area (Å²) in [6, 6.07) is 9.98. The third-order valence-electron chi connectivity index (χ3n) is 2.42. The van der Waals surface area contributed by atoms with Crippen molar-refractivity contribution < 1.29 is 0 Å². The molecule has 84 valence electrons. The van der Waals surface area contributed by atoms with Crippen LogP contribution in [0.25, 0.3) is 22.6 Å². The van der Waals surface area contributed by atoms with Crippen LogP contribution >= 0.6 is 31.9 Å². The van der Waals surface area contributed by atoms with Crippen molar-refractivity contribution in [2.45, 2.75) is 0 Å². The van der Waals surface area contributed by atoms with Gasteiger partial charge in [0, 0.05) is 20.7 Å². The molecule has 0 saturated heterocycles. The number of imidazole rings is 1. The summed E-state index contributed by atoms with van der Waals surface area (Å²) in [4.78, 5) is 12.0. The van der Waals surface area contributed by atoms with E-state index in [9.17, 15) is 0 Å². The second kappa shape index (κ2) is 4.23. The number of benzene rings is 1. The van der Waals surface area contributed by atoms with Crippen molar-refractivity contribution in [3.63, 3.8) is 0 Å². The highest BCUT2D eigenvalue weighted by Crippen LogP contribution is 2.22. The van der Waals surface area contributed by atoms with Crippen LogP contribution in [0.5, 0.6) is 0 Å². The number of fused-ring (bicyclic) bond motifs is 1. The normalized spacial score (nSPS) is 10.9. The fraction of sp³-hybridized carbons (Fsp3) is 0. The minimum Gasteiger partial charge on any atom is -0.337 e. The highest BCUT2D eigenvalue weighted by atomic mass is 79.9. The Balaban J connectivity index is 2.14. The lowest BCUT2D eigenvalue weighted by atomic mass is 10.2. The van der Waals surface area contributed by atoms with Crippen LogP contribution in [0.1, 0.15) is 0 Å². The van der Waals surface area contributed by atoms with E-state index in [0.717, 1.165) is 31.5 Å². The highest BCUT2D eigenvalue weighted by molar-refractivity contribution is 9.10. The van der Waals surface area contributed by atoms with Crippen molar-refractivity contribution in [3.8, 4) is 11.4 Å². The first-order valence-corrected chi connectivity index (χ1v) is 6.58. The number of halogens is 2. The molecule has 0 amide bonds. The average Bonchev–Trinajstić information content (AvgIpc) is 2.72. The third-order valence-corrected chi connectivity index (χ3v) is 3.38. The molecule has 0 bridgehead atoms. The van der Waals surface area contributed by atoms with Crippen LogP contribution < -0.4 is 0 Å². The minimum atomic E-state index is 0.728. The first-order chi connectivity index (χ1) is 8.22. The van der Waals surface area contributed by atoms with Gasteiger partial charge in [0.1, 0.15) is 5.82 Å². The molecule has 17 heavy (non-hydrogen) atoms. The fourth-order valence-corrected chi connectivity index (χ4v) is 2.21. The number of H-pyrrole nitrogens is 1. The number of rotatable bonds is 1. The second-order valence-electron chi connectivity index (χ2n) is 3.62. The van der Waals surface area contributed by atoms with Crippen LogP contribution in [-0.2, 0) is 0 Å². The van der Waals surface area contributed by atoms with Gasteiger partial charge in [0.2, 0.25) is 0 Å². The summed E-state index contributed by atoms with van der Waals surface area (Å²) in [6.45, 7) is 0. The van der Waals surface area contributed by atoms with E-state index in [-0.39, 0.29) is 0 Å². The van der Waals surface area contributed by atoms with E-state index in [0.29, 0.717) is 0 Å². The Kier molecular flexibility index (Phi) is 2.72. The molecule has 0 radical (unpaired) electrons. The quantitative estimate of drug-likeness (QED) is 0.714. The Bertz CT molecular complexity index is 674. The van der Waals surface area contributed by atoms with Crippen LogP contribution in [0.2, 0.25) is 0 Å². The zero-order chi connectivity index (χ0) is 11.8. The SMILES string of the molecule is Brc1ccc(-c2nc3ncc(Br)cc3[nH]2)cc1. The molecule has 0 aliphatic heterocycles. The van der Waals surface area contributed by atoms with E-state index >= 15 is 0 Å². The molecule has 2 heterocycles. The van der Waals surface area contributed by atoms with Gasteiger partial charge in [-0.25, -0.2) is 9.97 Å². The van der Waals surface area contributed by atoms with E-state index in [2.05, 4.69) is 46.8 Å². The predicted molar refractivity (Wildman–Crippen MR) is 74.7 cm³/mol. The highest BCUT2D eigenvalue weighted by Gasteiger charge is 2.06. The molecule has 0 fully saturated rings. The summed E-state index contributed by atoms with van der Waals surface area (Å²) >= 11 is 6.80. The lowest BCUT2D eigenvalue weighted by Crippen LogP contribution is -1.79. The van der Waals surface area contributed by atoms with Gasteiger partial charge in [0.25, 0.3) is 0 Å². The molecule has 0 aliphatic carbocycles. The number of aromatic amines is 1. The smallest absolute Gasteiger partial charge is 0.178 e. The van der Waals surface area contributed by atoms with Gasteiger partial charge in [0.05, 0.1) is 5.52 Å². The standard InChI is InChI=1S/C12H7Br2N3/c13-8-3-1-7(2-4-8)11-16-10-5-9(14)6-15-12(10)17-11/h1-6H,(H,15,16,17). The molecule has 5 heteroatoms.